The van der Waals surface area contributed by atoms with E-state index in [0.29, 0.717) is 0 Å². The first-order chi connectivity index (χ1) is 7.54. The van der Waals surface area contributed by atoms with Gasteiger partial charge in [0.15, 0.2) is 0 Å². The number of halogens is 2. The molecule has 0 amide bonds. The van der Waals surface area contributed by atoms with Crippen LogP contribution in [0.3, 0.4) is 0 Å². The second kappa shape index (κ2) is 4.53. The van der Waals surface area contributed by atoms with Crippen molar-refractivity contribution in [1.29, 1.82) is 0 Å². The van der Waals surface area contributed by atoms with Crippen LogP contribution in [-0.2, 0) is 4.74 Å². The van der Waals surface area contributed by atoms with Crippen LogP contribution in [0.5, 0.6) is 0 Å². The fraction of sp³-hybridized carbons (Fsp3) is 0.875. The lowest BCUT2D eigenvalue weighted by atomic mass is 9.99. The number of aliphatic hydroxyl groups is 3. The molecule has 1 fully saturated rings. The number of nitrogens with zero attached hydrogens (tertiary/aromatic N) is 1. The topological polar surface area (TPSA) is 82.3 Å². The SMILES string of the molecule is OC[C@H]1O[C@@H]2SC(C(F)F)=N[C@@H]2[C@@H](O)[C@@H]1O. The highest BCUT2D eigenvalue weighted by atomic mass is 32.2. The molecule has 2 aliphatic rings. The zero-order chi connectivity index (χ0) is 11.9. The minimum atomic E-state index is -2.71. The van der Waals surface area contributed by atoms with E-state index in [0.717, 1.165) is 11.8 Å². The molecule has 1 saturated heterocycles. The van der Waals surface area contributed by atoms with E-state index in [1.165, 1.54) is 0 Å². The summed E-state index contributed by atoms with van der Waals surface area (Å²) in [4.78, 5) is 3.62. The van der Waals surface area contributed by atoms with Gasteiger partial charge in [0, 0.05) is 0 Å². The summed E-state index contributed by atoms with van der Waals surface area (Å²) in [6.45, 7) is -0.480. The molecule has 0 bridgehead atoms. The van der Waals surface area contributed by atoms with Crippen molar-refractivity contribution in [2.45, 2.75) is 36.2 Å². The molecule has 0 unspecified atom stereocenters. The minimum absolute atomic E-state index is 0.403. The molecule has 5 atom stereocenters. The second-order valence-electron chi connectivity index (χ2n) is 3.58. The molecule has 0 aromatic heterocycles. The van der Waals surface area contributed by atoms with Crippen molar-refractivity contribution in [2.24, 2.45) is 4.99 Å². The van der Waals surface area contributed by atoms with E-state index in [2.05, 4.69) is 4.99 Å². The van der Waals surface area contributed by atoms with Crippen LogP contribution >= 0.6 is 11.8 Å². The highest BCUT2D eigenvalue weighted by Crippen LogP contribution is 2.37. The Kier molecular flexibility index (Phi) is 3.45. The fourth-order valence-corrected chi connectivity index (χ4v) is 2.79. The lowest BCUT2D eigenvalue weighted by molar-refractivity contribution is -0.164. The summed E-state index contributed by atoms with van der Waals surface area (Å²) in [6.07, 6.45) is -6.28. The number of aliphatic hydroxyl groups excluding tert-OH is 3. The minimum Gasteiger partial charge on any atom is -0.394 e. The maximum atomic E-state index is 12.4. The van der Waals surface area contributed by atoms with Gasteiger partial charge in [0.25, 0.3) is 6.43 Å². The summed E-state index contributed by atoms with van der Waals surface area (Å²) in [7, 11) is 0. The Morgan fingerprint density at radius 3 is 2.62 bits per heavy atom. The van der Waals surface area contributed by atoms with Crippen LogP contribution in [0.1, 0.15) is 0 Å². The number of thioether (sulfide) groups is 1. The molecule has 0 spiro atoms. The Hall–Kier alpha value is -0.280. The van der Waals surface area contributed by atoms with E-state index in [4.69, 9.17) is 9.84 Å². The fourth-order valence-electron chi connectivity index (χ4n) is 1.71. The first-order valence-electron chi connectivity index (χ1n) is 4.69. The van der Waals surface area contributed by atoms with E-state index >= 15 is 0 Å². The monoisotopic (exact) mass is 255 g/mol. The summed E-state index contributed by atoms with van der Waals surface area (Å²) in [5.74, 6) is 0. The van der Waals surface area contributed by atoms with Crippen molar-refractivity contribution in [2.75, 3.05) is 6.61 Å². The average Bonchev–Trinajstić information content (AvgIpc) is 2.67. The lowest BCUT2D eigenvalue weighted by Gasteiger charge is -2.37. The van der Waals surface area contributed by atoms with E-state index in [-0.39, 0.29) is 0 Å². The first-order valence-corrected chi connectivity index (χ1v) is 5.57. The van der Waals surface area contributed by atoms with Gasteiger partial charge in [-0.15, -0.1) is 0 Å². The van der Waals surface area contributed by atoms with E-state index in [9.17, 15) is 19.0 Å². The molecule has 2 heterocycles. The van der Waals surface area contributed by atoms with Crippen LogP contribution < -0.4 is 0 Å². The van der Waals surface area contributed by atoms with Crippen LogP contribution in [0, 0.1) is 0 Å². The molecule has 5 nitrogen and oxygen atoms in total. The Bertz CT molecular complexity index is 304. The van der Waals surface area contributed by atoms with Crippen LogP contribution in [0.25, 0.3) is 0 Å². The van der Waals surface area contributed by atoms with Crippen molar-refractivity contribution >= 4 is 16.8 Å². The highest BCUT2D eigenvalue weighted by Gasteiger charge is 2.48. The molecule has 2 rings (SSSR count). The number of ether oxygens (including phenoxy) is 1. The van der Waals surface area contributed by atoms with Gasteiger partial charge in [0.1, 0.15) is 34.8 Å². The highest BCUT2D eigenvalue weighted by molar-refractivity contribution is 8.14. The third-order valence-electron chi connectivity index (χ3n) is 2.55. The Labute approximate surface area is 94.1 Å². The number of hydrogen-bond acceptors (Lipinski definition) is 6. The Morgan fingerprint density at radius 2 is 2.06 bits per heavy atom. The van der Waals surface area contributed by atoms with Crippen LogP contribution in [-0.4, -0.2) is 63.2 Å². The molecule has 0 radical (unpaired) electrons. The molecule has 0 aromatic carbocycles. The quantitative estimate of drug-likeness (QED) is 0.602. The number of alkyl halides is 2. The van der Waals surface area contributed by atoms with Crippen LogP contribution in [0.2, 0.25) is 0 Å². The maximum Gasteiger partial charge on any atom is 0.285 e. The van der Waals surface area contributed by atoms with E-state index < -0.39 is 47.9 Å². The zero-order valence-electron chi connectivity index (χ0n) is 8.03. The van der Waals surface area contributed by atoms with Crippen molar-refractivity contribution in [3.8, 4) is 0 Å². The molecule has 3 N–H and O–H groups in total. The van der Waals surface area contributed by atoms with Gasteiger partial charge in [-0.1, -0.05) is 11.8 Å². The number of aliphatic imine (C=N–C) groups is 1. The van der Waals surface area contributed by atoms with Crippen molar-refractivity contribution < 1.29 is 28.8 Å². The van der Waals surface area contributed by atoms with Crippen molar-refractivity contribution in [3.05, 3.63) is 0 Å². The molecular formula is C8H11F2NO4S. The molecule has 0 aromatic rings. The van der Waals surface area contributed by atoms with E-state index in [1.54, 1.807) is 0 Å². The number of rotatable bonds is 2. The van der Waals surface area contributed by atoms with E-state index in [1.807, 2.05) is 0 Å². The smallest absolute Gasteiger partial charge is 0.285 e. The van der Waals surface area contributed by atoms with Crippen LogP contribution in [0.4, 0.5) is 8.78 Å². The van der Waals surface area contributed by atoms with Gasteiger partial charge < -0.3 is 20.1 Å². The standard InChI is InChI=1S/C8H11F2NO4S/c9-6(10)7-11-3-5(14)4(13)2(1-12)15-8(3)16-7/h2-6,8,12-14H,1H2/t2-,3-,4-,5-,8-/m1/s1. The third-order valence-corrected chi connectivity index (χ3v) is 3.70. The summed E-state index contributed by atoms with van der Waals surface area (Å²) >= 11 is 0.723. The van der Waals surface area contributed by atoms with Gasteiger partial charge in [-0.3, -0.25) is 4.99 Å². The second-order valence-corrected chi connectivity index (χ2v) is 4.70. The summed E-state index contributed by atoms with van der Waals surface area (Å²) in [5.41, 5.74) is -0.764. The molecule has 0 saturated carbocycles. The van der Waals surface area contributed by atoms with Gasteiger partial charge in [-0.05, 0) is 0 Å². The predicted molar refractivity (Wildman–Crippen MR) is 52.6 cm³/mol. The molecule has 2 aliphatic heterocycles. The van der Waals surface area contributed by atoms with Gasteiger partial charge in [0.05, 0.1) is 6.61 Å². The summed E-state index contributed by atoms with van der Waals surface area (Å²) in [6, 6.07) is -0.896. The number of fused-ring (bicyclic) bond motifs is 1. The van der Waals surface area contributed by atoms with Crippen molar-refractivity contribution in [1.82, 2.24) is 0 Å². The molecular weight excluding hydrogens is 244 g/mol. The summed E-state index contributed by atoms with van der Waals surface area (Å²) in [5, 5.41) is 27.6. The zero-order valence-corrected chi connectivity index (χ0v) is 8.85. The normalized spacial score (nSPS) is 43.4. The van der Waals surface area contributed by atoms with Gasteiger partial charge >= 0.3 is 0 Å². The summed E-state index contributed by atoms with van der Waals surface area (Å²) < 4.78 is 29.9. The molecule has 92 valence electrons. The van der Waals surface area contributed by atoms with Crippen molar-refractivity contribution in [3.63, 3.8) is 0 Å². The Balaban J connectivity index is 2.14. The van der Waals surface area contributed by atoms with Gasteiger partial charge in [-0.2, -0.15) is 0 Å². The largest absolute Gasteiger partial charge is 0.394 e. The average molecular weight is 255 g/mol. The number of hydrogen-bond donors (Lipinski definition) is 3. The molecule has 0 aliphatic carbocycles. The van der Waals surface area contributed by atoms with Gasteiger partial charge in [0.2, 0.25) is 0 Å². The predicted octanol–water partition coefficient (Wildman–Crippen LogP) is -0.796. The molecule has 8 heteroatoms. The van der Waals surface area contributed by atoms with Gasteiger partial charge in [-0.25, -0.2) is 8.78 Å². The maximum absolute atomic E-state index is 12.4. The first kappa shape index (κ1) is 12.2. The third kappa shape index (κ3) is 1.95. The molecule has 16 heavy (non-hydrogen) atoms. The Morgan fingerprint density at radius 1 is 1.38 bits per heavy atom. The van der Waals surface area contributed by atoms with Crippen LogP contribution in [0.15, 0.2) is 4.99 Å². The lowest BCUT2D eigenvalue weighted by Crippen LogP contribution is -2.55.